The second kappa shape index (κ2) is 6.92. The molecule has 1 unspecified atom stereocenters. The van der Waals surface area contributed by atoms with Gasteiger partial charge in [-0.3, -0.25) is 0 Å². The van der Waals surface area contributed by atoms with Gasteiger partial charge in [-0.1, -0.05) is 48.5 Å². The fourth-order valence-electron chi connectivity index (χ4n) is 2.01. The number of benzene rings is 2. The largest absolute Gasteiger partial charge is 0.389 e. The number of hydrogen-bond acceptors (Lipinski definition) is 2. The van der Waals surface area contributed by atoms with Gasteiger partial charge in [0, 0.05) is 18.8 Å². The van der Waals surface area contributed by atoms with E-state index in [0.717, 1.165) is 11.3 Å². The molecule has 3 heteroatoms. The minimum absolute atomic E-state index is 0.350. The number of nitrogens with zero attached hydrogens (tertiary/aromatic N) is 1. The molecule has 0 bridgehead atoms. The third kappa shape index (κ3) is 4.09. The molecule has 0 saturated carbocycles. The van der Waals surface area contributed by atoms with Gasteiger partial charge in [0.05, 0.1) is 6.10 Å². The molecule has 0 aliphatic heterocycles. The Balaban J connectivity index is 2.15. The van der Waals surface area contributed by atoms with E-state index in [2.05, 4.69) is 0 Å². The molecule has 0 spiro atoms. The average Bonchev–Trinajstić information content (AvgIpc) is 2.48. The van der Waals surface area contributed by atoms with Gasteiger partial charge in [-0.2, -0.15) is 0 Å². The van der Waals surface area contributed by atoms with Gasteiger partial charge in [0.2, 0.25) is 0 Å². The van der Waals surface area contributed by atoms with Gasteiger partial charge >= 0.3 is 0 Å². The van der Waals surface area contributed by atoms with E-state index in [-0.39, 0.29) is 0 Å². The lowest BCUT2D eigenvalue weighted by Gasteiger charge is -2.26. The monoisotopic (exact) mass is 256 g/mol. The Kier molecular flexibility index (Phi) is 4.95. The van der Waals surface area contributed by atoms with Crippen LogP contribution in [0.1, 0.15) is 5.56 Å². The summed E-state index contributed by atoms with van der Waals surface area (Å²) in [4.78, 5) is 2.03. The standard InChI is InChI=1S/C16H18NO2/c18-13-16(19)12-17(15-9-5-2-6-10-15)11-14-7-3-1-4-8-14/h1-10,16,19H,11-13H2. The smallest absolute Gasteiger partial charge is 0.110 e. The molecule has 2 aromatic rings. The molecule has 2 rings (SSSR count). The third-order valence-corrected chi connectivity index (χ3v) is 2.96. The molecular weight excluding hydrogens is 238 g/mol. The van der Waals surface area contributed by atoms with Crippen molar-refractivity contribution < 1.29 is 10.2 Å². The Morgan fingerprint density at radius 2 is 1.53 bits per heavy atom. The van der Waals surface area contributed by atoms with Crippen LogP contribution >= 0.6 is 0 Å². The van der Waals surface area contributed by atoms with Gasteiger partial charge in [0.1, 0.15) is 6.61 Å². The SMILES string of the molecule is [O]CC(O)CN(Cc1ccccc1)c1ccccc1. The molecule has 19 heavy (non-hydrogen) atoms. The molecule has 0 heterocycles. The fraction of sp³-hybridized carbons (Fsp3) is 0.250. The van der Waals surface area contributed by atoms with E-state index >= 15 is 0 Å². The maximum absolute atomic E-state index is 10.8. The maximum Gasteiger partial charge on any atom is 0.110 e. The van der Waals surface area contributed by atoms with Crippen LogP contribution in [0.4, 0.5) is 5.69 Å². The molecule has 99 valence electrons. The number of hydrogen-bond donors (Lipinski definition) is 1. The van der Waals surface area contributed by atoms with E-state index in [1.807, 2.05) is 65.6 Å². The van der Waals surface area contributed by atoms with Crippen molar-refractivity contribution in [3.8, 4) is 0 Å². The van der Waals surface area contributed by atoms with Crippen LogP contribution in [0, 0.1) is 0 Å². The zero-order valence-corrected chi connectivity index (χ0v) is 10.8. The topological polar surface area (TPSA) is 43.4 Å². The normalized spacial score (nSPS) is 12.1. The van der Waals surface area contributed by atoms with E-state index in [9.17, 15) is 10.2 Å². The van der Waals surface area contributed by atoms with Crippen LogP contribution in [-0.4, -0.2) is 24.4 Å². The minimum atomic E-state index is -0.844. The number of rotatable bonds is 6. The van der Waals surface area contributed by atoms with Gasteiger partial charge in [-0.15, -0.1) is 0 Å². The molecule has 0 aliphatic rings. The Bertz CT molecular complexity index is 473. The van der Waals surface area contributed by atoms with Gasteiger partial charge in [0.15, 0.2) is 0 Å². The molecule has 0 aliphatic carbocycles. The van der Waals surface area contributed by atoms with Crippen LogP contribution in [0.3, 0.4) is 0 Å². The van der Waals surface area contributed by atoms with Crippen LogP contribution < -0.4 is 4.90 Å². The van der Waals surface area contributed by atoms with E-state index in [1.165, 1.54) is 0 Å². The molecule has 1 N–H and O–H groups in total. The molecule has 0 fully saturated rings. The molecule has 1 radical (unpaired) electrons. The first kappa shape index (κ1) is 13.6. The summed E-state index contributed by atoms with van der Waals surface area (Å²) in [7, 11) is 0. The van der Waals surface area contributed by atoms with Crippen molar-refractivity contribution in [2.45, 2.75) is 12.6 Å². The molecule has 0 aromatic heterocycles. The highest BCUT2D eigenvalue weighted by Crippen LogP contribution is 2.17. The van der Waals surface area contributed by atoms with Crippen molar-refractivity contribution in [3.63, 3.8) is 0 Å². The molecule has 3 nitrogen and oxygen atoms in total. The van der Waals surface area contributed by atoms with Gasteiger partial charge in [-0.25, -0.2) is 5.11 Å². The average molecular weight is 256 g/mol. The maximum atomic E-state index is 10.8. The van der Waals surface area contributed by atoms with Crippen molar-refractivity contribution in [2.24, 2.45) is 0 Å². The highest BCUT2D eigenvalue weighted by molar-refractivity contribution is 5.46. The summed E-state index contributed by atoms with van der Waals surface area (Å²) in [6.07, 6.45) is -0.844. The predicted molar refractivity (Wildman–Crippen MR) is 75.5 cm³/mol. The first-order valence-corrected chi connectivity index (χ1v) is 6.39. The zero-order valence-electron chi connectivity index (χ0n) is 10.8. The summed E-state index contributed by atoms with van der Waals surface area (Å²) in [5.74, 6) is 0. The molecule has 2 aromatic carbocycles. The van der Waals surface area contributed by atoms with Gasteiger partial charge in [-0.05, 0) is 17.7 Å². The zero-order chi connectivity index (χ0) is 13.5. The number of para-hydroxylation sites is 1. The van der Waals surface area contributed by atoms with E-state index < -0.39 is 12.7 Å². The quantitative estimate of drug-likeness (QED) is 0.863. The van der Waals surface area contributed by atoms with E-state index in [4.69, 9.17) is 0 Å². The number of aliphatic hydroxyl groups excluding tert-OH is 1. The molecule has 0 saturated heterocycles. The highest BCUT2D eigenvalue weighted by atomic mass is 16.3. The van der Waals surface area contributed by atoms with Crippen LogP contribution in [0.15, 0.2) is 60.7 Å². The lowest BCUT2D eigenvalue weighted by atomic mass is 10.2. The fourth-order valence-corrected chi connectivity index (χ4v) is 2.01. The summed E-state index contributed by atoms with van der Waals surface area (Å²) in [5.41, 5.74) is 2.17. The van der Waals surface area contributed by atoms with Crippen LogP contribution in [-0.2, 0) is 11.7 Å². The molecule has 1 atom stereocenters. The first-order chi connectivity index (χ1) is 9.29. The number of aliphatic hydroxyl groups is 1. The summed E-state index contributed by atoms with van der Waals surface area (Å²) in [6.45, 7) is 0.558. The molecular formula is C16H18NO2. The van der Waals surface area contributed by atoms with Crippen molar-refractivity contribution in [3.05, 3.63) is 66.2 Å². The summed E-state index contributed by atoms with van der Waals surface area (Å²) in [5, 5.41) is 20.4. The van der Waals surface area contributed by atoms with Crippen molar-refractivity contribution in [1.29, 1.82) is 0 Å². The van der Waals surface area contributed by atoms with Gasteiger partial charge < -0.3 is 10.0 Å². The summed E-state index contributed by atoms with van der Waals surface area (Å²) < 4.78 is 0. The predicted octanol–water partition coefficient (Wildman–Crippen LogP) is 2.48. The van der Waals surface area contributed by atoms with Crippen LogP contribution in [0.2, 0.25) is 0 Å². The van der Waals surface area contributed by atoms with Crippen molar-refractivity contribution >= 4 is 5.69 Å². The molecule has 0 amide bonds. The Labute approximate surface area is 113 Å². The third-order valence-electron chi connectivity index (χ3n) is 2.96. The highest BCUT2D eigenvalue weighted by Gasteiger charge is 2.12. The van der Waals surface area contributed by atoms with Crippen molar-refractivity contribution in [2.75, 3.05) is 18.1 Å². The Morgan fingerprint density at radius 1 is 0.947 bits per heavy atom. The minimum Gasteiger partial charge on any atom is -0.389 e. The first-order valence-electron chi connectivity index (χ1n) is 6.39. The Morgan fingerprint density at radius 3 is 2.11 bits per heavy atom. The summed E-state index contributed by atoms with van der Waals surface area (Å²) in [6, 6.07) is 19.9. The van der Waals surface area contributed by atoms with E-state index in [0.29, 0.717) is 13.1 Å². The van der Waals surface area contributed by atoms with Gasteiger partial charge in [0.25, 0.3) is 0 Å². The lowest BCUT2D eigenvalue weighted by Crippen LogP contribution is -2.33. The van der Waals surface area contributed by atoms with Crippen LogP contribution in [0.25, 0.3) is 0 Å². The number of anilines is 1. The second-order valence-electron chi connectivity index (χ2n) is 4.52. The van der Waals surface area contributed by atoms with Crippen LogP contribution in [0.5, 0.6) is 0 Å². The second-order valence-corrected chi connectivity index (χ2v) is 4.52. The Hall–Kier alpha value is -1.84. The van der Waals surface area contributed by atoms with Crippen molar-refractivity contribution in [1.82, 2.24) is 0 Å². The summed E-state index contributed by atoms with van der Waals surface area (Å²) >= 11 is 0. The van der Waals surface area contributed by atoms with E-state index in [1.54, 1.807) is 0 Å². The lowest BCUT2D eigenvalue weighted by molar-refractivity contribution is 0.0594.